The fourth-order valence-electron chi connectivity index (χ4n) is 3.47. The van der Waals surface area contributed by atoms with Gasteiger partial charge in [0.05, 0.1) is 11.0 Å². The molecule has 0 spiro atoms. The van der Waals surface area contributed by atoms with Crippen LogP contribution < -0.4 is 4.57 Å². The van der Waals surface area contributed by atoms with Crippen LogP contribution in [0.4, 0.5) is 5.69 Å². The van der Waals surface area contributed by atoms with Gasteiger partial charge >= 0.3 is 0 Å². The average Bonchev–Trinajstić information content (AvgIpc) is 2.85. The molecule has 0 aliphatic carbocycles. The van der Waals surface area contributed by atoms with E-state index in [0.29, 0.717) is 0 Å². The number of para-hydroxylation sites is 1. The lowest BCUT2D eigenvalue weighted by atomic mass is 10.1. The van der Waals surface area contributed by atoms with E-state index in [-0.39, 0.29) is 0 Å². The monoisotopic (exact) mass is 307 g/mol. The maximum absolute atomic E-state index is 5.00. The van der Waals surface area contributed by atoms with Crippen molar-refractivity contribution in [3.05, 3.63) is 47.5 Å². The van der Waals surface area contributed by atoms with E-state index < -0.39 is 8.40 Å². The summed E-state index contributed by atoms with van der Waals surface area (Å²) >= 11 is 0. The average molecular weight is 307 g/mol. The van der Waals surface area contributed by atoms with E-state index in [1.807, 2.05) is 0 Å². The highest BCUT2D eigenvalue weighted by Gasteiger charge is 2.39. The van der Waals surface area contributed by atoms with Crippen LogP contribution >= 0.6 is 0 Å². The topological polar surface area (TPSA) is 21.1 Å². The molecule has 0 N–H and O–H groups in total. The number of aryl methyl sites for hydroxylation is 2. The second-order valence-corrected chi connectivity index (χ2v) is 10.9. The van der Waals surface area contributed by atoms with Crippen LogP contribution in [0.15, 0.2) is 36.4 Å². The van der Waals surface area contributed by atoms with E-state index in [0.717, 1.165) is 11.3 Å². The molecule has 0 unspecified atom stereocenters. The van der Waals surface area contributed by atoms with Gasteiger partial charge in [0.1, 0.15) is 5.82 Å². The minimum Gasteiger partial charge on any atom is -0.383 e. The van der Waals surface area contributed by atoms with Crippen LogP contribution in [0.1, 0.15) is 11.1 Å². The number of fused-ring (bicyclic) bond motifs is 5. The Balaban J connectivity index is 2.17. The van der Waals surface area contributed by atoms with Crippen molar-refractivity contribution in [2.75, 3.05) is 11.6 Å². The molecule has 0 atom stereocenters. The van der Waals surface area contributed by atoms with Crippen molar-refractivity contribution in [2.45, 2.75) is 26.9 Å². The highest BCUT2D eigenvalue weighted by Crippen LogP contribution is 2.41. The Morgan fingerprint density at radius 2 is 1.68 bits per heavy atom. The Morgan fingerprint density at radius 1 is 1.00 bits per heavy atom. The normalized spacial score (nSPS) is 15.8. The summed E-state index contributed by atoms with van der Waals surface area (Å²) in [4.78, 5) is 5.00. The molecule has 0 radical (unpaired) electrons. The van der Waals surface area contributed by atoms with Gasteiger partial charge in [0.25, 0.3) is 8.40 Å². The molecular formula is C18H21N3Si. The van der Waals surface area contributed by atoms with Gasteiger partial charge in [-0.3, -0.25) is 0 Å². The van der Waals surface area contributed by atoms with E-state index in [1.54, 1.807) is 0 Å². The van der Waals surface area contributed by atoms with Crippen molar-refractivity contribution in [3.63, 3.8) is 0 Å². The molecular weight excluding hydrogens is 286 g/mol. The molecule has 22 heavy (non-hydrogen) atoms. The summed E-state index contributed by atoms with van der Waals surface area (Å²) in [5, 5.41) is 0. The van der Waals surface area contributed by atoms with E-state index in [1.165, 1.54) is 27.9 Å². The zero-order valence-electron chi connectivity index (χ0n) is 13.8. The second kappa shape index (κ2) is 4.23. The fraction of sp³-hybridized carbons (Fsp3) is 0.278. The number of anilines is 1. The van der Waals surface area contributed by atoms with Crippen LogP contribution in [0.25, 0.3) is 22.4 Å². The van der Waals surface area contributed by atoms with Crippen molar-refractivity contribution in [1.29, 1.82) is 0 Å². The van der Waals surface area contributed by atoms with Gasteiger partial charge in [-0.05, 0) is 69.4 Å². The van der Waals surface area contributed by atoms with Crippen LogP contribution in [-0.2, 0) is 0 Å². The van der Waals surface area contributed by atoms with E-state index in [4.69, 9.17) is 4.98 Å². The lowest BCUT2D eigenvalue weighted by molar-refractivity contribution is 1.06. The van der Waals surface area contributed by atoms with Crippen LogP contribution in [0.3, 0.4) is 0 Å². The predicted octanol–water partition coefficient (Wildman–Crippen LogP) is 4.32. The molecule has 3 aromatic rings. The molecule has 1 aromatic heterocycles. The summed E-state index contributed by atoms with van der Waals surface area (Å²) in [6.07, 6.45) is 0. The molecule has 112 valence electrons. The molecule has 3 nitrogen and oxygen atoms in total. The van der Waals surface area contributed by atoms with E-state index >= 15 is 0 Å². The molecule has 1 aliphatic heterocycles. The third kappa shape index (κ3) is 1.58. The van der Waals surface area contributed by atoms with E-state index in [9.17, 15) is 0 Å². The molecule has 4 heteroatoms. The Kier molecular flexibility index (Phi) is 2.61. The molecule has 0 fully saturated rings. The SMILES string of the molecule is Cc1cc2nc3n(c2cc1C)[Si](C)(C)N(C)c1ccccc1-3. The summed E-state index contributed by atoms with van der Waals surface area (Å²) < 4.78 is 4.99. The summed E-state index contributed by atoms with van der Waals surface area (Å²) in [5.41, 5.74) is 7.57. The first-order chi connectivity index (χ1) is 10.4. The molecule has 0 amide bonds. The lowest BCUT2D eigenvalue weighted by Crippen LogP contribution is -2.55. The lowest BCUT2D eigenvalue weighted by Gasteiger charge is -2.42. The van der Waals surface area contributed by atoms with Gasteiger partial charge in [0.2, 0.25) is 0 Å². The third-order valence-corrected chi connectivity index (χ3v) is 8.57. The van der Waals surface area contributed by atoms with Crippen molar-refractivity contribution >= 4 is 25.1 Å². The Bertz CT molecular complexity index is 908. The van der Waals surface area contributed by atoms with Crippen LogP contribution in [-0.4, -0.2) is 24.7 Å². The maximum Gasteiger partial charge on any atom is 0.263 e. The number of benzene rings is 2. The Hall–Kier alpha value is -2.07. The van der Waals surface area contributed by atoms with Gasteiger partial charge in [-0.25, -0.2) is 4.98 Å². The third-order valence-electron chi connectivity index (χ3n) is 5.14. The van der Waals surface area contributed by atoms with Crippen LogP contribution in [0.5, 0.6) is 0 Å². The molecule has 4 rings (SSSR count). The maximum atomic E-state index is 5.00. The van der Waals surface area contributed by atoms with Gasteiger partial charge in [0, 0.05) is 11.3 Å². The number of nitrogens with zero attached hydrogens (tertiary/aromatic N) is 3. The fourth-order valence-corrected chi connectivity index (χ4v) is 6.01. The number of rotatable bonds is 0. The molecule has 2 aromatic carbocycles. The van der Waals surface area contributed by atoms with Gasteiger partial charge in [-0.1, -0.05) is 12.1 Å². The van der Waals surface area contributed by atoms with Gasteiger partial charge < -0.3 is 8.80 Å². The van der Waals surface area contributed by atoms with E-state index in [2.05, 4.69) is 79.2 Å². The first-order valence-electron chi connectivity index (χ1n) is 7.74. The van der Waals surface area contributed by atoms with Crippen molar-refractivity contribution < 1.29 is 0 Å². The quantitative estimate of drug-likeness (QED) is 0.577. The van der Waals surface area contributed by atoms with Crippen molar-refractivity contribution in [1.82, 2.24) is 9.22 Å². The first kappa shape index (κ1) is 13.6. The van der Waals surface area contributed by atoms with Crippen molar-refractivity contribution in [2.24, 2.45) is 0 Å². The minimum atomic E-state index is -1.83. The zero-order valence-corrected chi connectivity index (χ0v) is 14.8. The number of imidazole rings is 1. The highest BCUT2D eigenvalue weighted by molar-refractivity contribution is 6.81. The second-order valence-electron chi connectivity index (χ2n) is 6.77. The molecule has 0 saturated carbocycles. The largest absolute Gasteiger partial charge is 0.383 e. The Morgan fingerprint density at radius 3 is 2.45 bits per heavy atom. The Labute approximate surface area is 132 Å². The van der Waals surface area contributed by atoms with Gasteiger partial charge in [-0.2, -0.15) is 0 Å². The minimum absolute atomic E-state index is 1.11. The molecule has 1 aliphatic rings. The summed E-state index contributed by atoms with van der Waals surface area (Å²) in [6.45, 7) is 9.13. The summed E-state index contributed by atoms with van der Waals surface area (Å²) in [7, 11) is 0.392. The molecule has 0 saturated heterocycles. The zero-order chi connectivity index (χ0) is 15.6. The number of hydrogen-bond acceptors (Lipinski definition) is 2. The standard InChI is InChI=1S/C18H21N3Si/c1-12-10-15-17(11-13(12)2)21-18(19-15)14-8-6-7-9-16(14)20(3)22(21,4)5/h6-11H,1-5H3. The first-order valence-corrected chi connectivity index (χ1v) is 10.6. The number of hydrogen-bond donors (Lipinski definition) is 0. The predicted molar refractivity (Wildman–Crippen MR) is 95.9 cm³/mol. The summed E-state index contributed by atoms with van der Waals surface area (Å²) in [6, 6.07) is 13.1. The highest BCUT2D eigenvalue weighted by atomic mass is 28.3. The van der Waals surface area contributed by atoms with Gasteiger partial charge in [0.15, 0.2) is 0 Å². The van der Waals surface area contributed by atoms with Gasteiger partial charge in [-0.15, -0.1) is 0 Å². The van der Waals surface area contributed by atoms with Crippen LogP contribution in [0, 0.1) is 13.8 Å². The van der Waals surface area contributed by atoms with Crippen LogP contribution in [0.2, 0.25) is 13.1 Å². The molecule has 0 bridgehead atoms. The number of aromatic nitrogens is 2. The smallest absolute Gasteiger partial charge is 0.263 e. The molecule has 2 heterocycles. The van der Waals surface area contributed by atoms with Crippen molar-refractivity contribution in [3.8, 4) is 11.4 Å². The summed E-state index contributed by atoms with van der Waals surface area (Å²) in [5.74, 6) is 1.13.